The molecule has 1 heterocycles. The Bertz CT molecular complexity index is 449. The normalized spacial score (nSPS) is 11.6. The van der Waals surface area contributed by atoms with Gasteiger partial charge in [-0.15, -0.1) is 5.54 Å². The first-order valence-corrected chi connectivity index (χ1v) is 8.79. The lowest BCUT2D eigenvalue weighted by Crippen LogP contribution is -2.35. The van der Waals surface area contributed by atoms with Crippen molar-refractivity contribution in [1.29, 1.82) is 0 Å². The smallest absolute Gasteiger partial charge is 0.138 e. The molecule has 0 aliphatic carbocycles. The molecule has 0 saturated heterocycles. The molecular formula is C14H21NOSi. The van der Waals surface area contributed by atoms with E-state index in [1.807, 2.05) is 12.1 Å². The second kappa shape index (κ2) is 4.93. The predicted molar refractivity (Wildman–Crippen MR) is 74.9 cm³/mol. The van der Waals surface area contributed by atoms with Crippen molar-refractivity contribution in [3.63, 3.8) is 0 Å². The molecule has 0 aliphatic rings. The Morgan fingerprint density at radius 1 is 1.29 bits per heavy atom. The van der Waals surface area contributed by atoms with Gasteiger partial charge in [0.05, 0.1) is 7.11 Å². The van der Waals surface area contributed by atoms with E-state index < -0.39 is 8.07 Å². The number of hydrogen-bond donors (Lipinski definition) is 0. The fraction of sp³-hybridized carbons (Fsp3) is 0.500. The minimum atomic E-state index is -1.56. The van der Waals surface area contributed by atoms with Crippen LogP contribution in [0.1, 0.15) is 26.5 Å². The van der Waals surface area contributed by atoms with Gasteiger partial charge in [-0.05, 0) is 11.1 Å². The average Bonchev–Trinajstić information content (AvgIpc) is 2.25. The van der Waals surface area contributed by atoms with Crippen LogP contribution in [0, 0.1) is 11.5 Å². The molecule has 0 atom stereocenters. The molecule has 0 radical (unpaired) electrons. The molecule has 0 aromatic carbocycles. The lowest BCUT2D eigenvalue weighted by Gasteiger charge is -2.31. The van der Waals surface area contributed by atoms with Gasteiger partial charge in [0, 0.05) is 12.3 Å². The van der Waals surface area contributed by atoms with Crippen LogP contribution in [0.15, 0.2) is 18.3 Å². The summed E-state index contributed by atoms with van der Waals surface area (Å²) in [7, 11) is 0.0960. The number of hydrogen-bond acceptors (Lipinski definition) is 2. The van der Waals surface area contributed by atoms with Crippen molar-refractivity contribution in [2.24, 2.45) is 0 Å². The summed E-state index contributed by atoms with van der Waals surface area (Å²) in [5, 5.41) is 0.277. The number of rotatable bonds is 1. The SMILES string of the molecule is COc1ccnc(C#C[Si](C)(C)C(C)(C)C)c1. The van der Waals surface area contributed by atoms with Crippen molar-refractivity contribution in [2.75, 3.05) is 7.11 Å². The number of methoxy groups -OCH3 is 1. The fourth-order valence-corrected chi connectivity index (χ4v) is 1.83. The Balaban J connectivity index is 2.99. The number of ether oxygens (including phenoxy) is 1. The minimum Gasteiger partial charge on any atom is -0.497 e. The van der Waals surface area contributed by atoms with E-state index in [1.54, 1.807) is 13.3 Å². The molecule has 1 rings (SSSR count). The average molecular weight is 247 g/mol. The van der Waals surface area contributed by atoms with Gasteiger partial charge in [-0.3, -0.25) is 0 Å². The van der Waals surface area contributed by atoms with Gasteiger partial charge in [0.15, 0.2) is 0 Å². The van der Waals surface area contributed by atoms with E-state index in [0.29, 0.717) is 0 Å². The molecule has 17 heavy (non-hydrogen) atoms. The molecule has 0 fully saturated rings. The monoisotopic (exact) mass is 247 g/mol. The minimum absolute atomic E-state index is 0.277. The Hall–Kier alpha value is -1.27. The van der Waals surface area contributed by atoms with Crippen LogP contribution in [0.4, 0.5) is 0 Å². The van der Waals surface area contributed by atoms with Gasteiger partial charge in [-0.1, -0.05) is 39.8 Å². The van der Waals surface area contributed by atoms with Crippen LogP contribution in [-0.2, 0) is 0 Å². The molecule has 3 heteroatoms. The van der Waals surface area contributed by atoms with Crippen molar-refractivity contribution < 1.29 is 4.74 Å². The lowest BCUT2D eigenvalue weighted by atomic mass is 10.2. The first-order valence-electron chi connectivity index (χ1n) is 5.79. The molecular weight excluding hydrogens is 226 g/mol. The third-order valence-corrected chi connectivity index (χ3v) is 7.85. The largest absolute Gasteiger partial charge is 0.497 e. The highest BCUT2D eigenvalue weighted by atomic mass is 28.3. The van der Waals surface area contributed by atoms with Gasteiger partial charge < -0.3 is 4.74 Å². The highest BCUT2D eigenvalue weighted by Gasteiger charge is 2.33. The van der Waals surface area contributed by atoms with Crippen LogP contribution < -0.4 is 4.74 Å². The van der Waals surface area contributed by atoms with E-state index in [9.17, 15) is 0 Å². The van der Waals surface area contributed by atoms with Crippen molar-refractivity contribution >= 4 is 8.07 Å². The predicted octanol–water partition coefficient (Wildman–Crippen LogP) is 3.49. The van der Waals surface area contributed by atoms with Crippen LogP contribution >= 0.6 is 0 Å². The molecule has 0 bridgehead atoms. The summed E-state index contributed by atoms with van der Waals surface area (Å²) in [6.07, 6.45) is 1.73. The van der Waals surface area contributed by atoms with E-state index >= 15 is 0 Å². The highest BCUT2D eigenvalue weighted by molar-refractivity contribution is 6.87. The van der Waals surface area contributed by atoms with Crippen molar-refractivity contribution in [3.8, 4) is 17.2 Å². The van der Waals surface area contributed by atoms with E-state index in [0.717, 1.165) is 11.4 Å². The van der Waals surface area contributed by atoms with Crippen LogP contribution in [0.5, 0.6) is 5.75 Å². The second-order valence-electron chi connectivity index (χ2n) is 5.71. The molecule has 0 N–H and O–H groups in total. The number of pyridine rings is 1. The summed E-state index contributed by atoms with van der Waals surface area (Å²) in [6.45, 7) is 11.4. The second-order valence-corrected chi connectivity index (χ2v) is 10.7. The van der Waals surface area contributed by atoms with Crippen LogP contribution in [0.25, 0.3) is 0 Å². The standard InChI is InChI=1S/C14H21NOSi/c1-14(2,3)17(5,6)10-8-12-11-13(16-4)7-9-15-12/h7,9,11H,1-6H3. The van der Waals surface area contributed by atoms with Gasteiger partial charge in [0.1, 0.15) is 19.5 Å². The molecule has 0 spiro atoms. The maximum atomic E-state index is 5.16. The third-order valence-electron chi connectivity index (χ3n) is 3.35. The third kappa shape index (κ3) is 3.60. The first-order chi connectivity index (χ1) is 7.76. The molecule has 0 unspecified atom stereocenters. The van der Waals surface area contributed by atoms with Crippen LogP contribution in [-0.4, -0.2) is 20.2 Å². The fourth-order valence-electron chi connectivity index (χ4n) is 1.01. The zero-order chi connectivity index (χ0) is 13.1. The van der Waals surface area contributed by atoms with E-state index in [2.05, 4.69) is 50.3 Å². The first kappa shape index (κ1) is 13.8. The Morgan fingerprint density at radius 2 is 1.94 bits per heavy atom. The van der Waals surface area contributed by atoms with E-state index in [1.165, 1.54) is 0 Å². The summed E-state index contributed by atoms with van der Waals surface area (Å²) < 4.78 is 5.16. The van der Waals surface area contributed by atoms with Crippen molar-refractivity contribution in [2.45, 2.75) is 38.9 Å². The van der Waals surface area contributed by atoms with E-state index in [4.69, 9.17) is 4.74 Å². The van der Waals surface area contributed by atoms with Crippen molar-refractivity contribution in [3.05, 3.63) is 24.0 Å². The van der Waals surface area contributed by atoms with E-state index in [-0.39, 0.29) is 5.04 Å². The molecule has 1 aromatic heterocycles. The highest BCUT2D eigenvalue weighted by Crippen LogP contribution is 2.35. The molecule has 1 aromatic rings. The maximum absolute atomic E-state index is 5.16. The molecule has 2 nitrogen and oxygen atoms in total. The van der Waals surface area contributed by atoms with Gasteiger partial charge >= 0.3 is 0 Å². The summed E-state index contributed by atoms with van der Waals surface area (Å²) in [4.78, 5) is 4.24. The molecule has 0 saturated carbocycles. The zero-order valence-corrected chi connectivity index (χ0v) is 12.6. The molecule has 0 amide bonds. The lowest BCUT2D eigenvalue weighted by molar-refractivity contribution is 0.414. The maximum Gasteiger partial charge on any atom is 0.138 e. The van der Waals surface area contributed by atoms with Crippen molar-refractivity contribution in [1.82, 2.24) is 4.98 Å². The summed E-state index contributed by atoms with van der Waals surface area (Å²) in [5.41, 5.74) is 4.22. The number of aromatic nitrogens is 1. The topological polar surface area (TPSA) is 22.1 Å². The quantitative estimate of drug-likeness (QED) is 0.560. The molecule has 0 aliphatic heterocycles. The van der Waals surface area contributed by atoms with Crippen LogP contribution in [0.3, 0.4) is 0 Å². The Labute approximate surface area is 105 Å². The Kier molecular flexibility index (Phi) is 4.00. The van der Waals surface area contributed by atoms with Gasteiger partial charge in [-0.25, -0.2) is 4.98 Å². The zero-order valence-electron chi connectivity index (χ0n) is 11.6. The summed E-state index contributed by atoms with van der Waals surface area (Å²) >= 11 is 0. The number of nitrogens with zero attached hydrogens (tertiary/aromatic N) is 1. The van der Waals surface area contributed by atoms with Gasteiger partial charge in [0.25, 0.3) is 0 Å². The molecule has 92 valence electrons. The van der Waals surface area contributed by atoms with Crippen LogP contribution in [0.2, 0.25) is 18.1 Å². The Morgan fingerprint density at radius 3 is 2.47 bits per heavy atom. The summed E-state index contributed by atoms with van der Waals surface area (Å²) in [5.74, 6) is 3.99. The van der Waals surface area contributed by atoms with Gasteiger partial charge in [0.2, 0.25) is 0 Å². The van der Waals surface area contributed by atoms with Gasteiger partial charge in [-0.2, -0.15) is 0 Å². The summed E-state index contributed by atoms with van der Waals surface area (Å²) in [6, 6.07) is 3.71.